The summed E-state index contributed by atoms with van der Waals surface area (Å²) in [6.07, 6.45) is 0.121. The lowest BCUT2D eigenvalue weighted by Crippen LogP contribution is -2.49. The molecule has 1 saturated heterocycles. The van der Waals surface area contributed by atoms with Crippen molar-refractivity contribution in [2.75, 3.05) is 19.6 Å². The standard InChI is InChI=1S/C17H19BrN2O4/c1-10-8-19(9-11(2)24-10)15(21)5-6-20-16(22)13-4-3-12(18)7-14(13)17(20)23/h3-4,7,10-11H,5-6,8-9H2,1-2H3. The molecule has 6 nitrogen and oxygen atoms in total. The monoisotopic (exact) mass is 394 g/mol. The molecule has 1 aromatic carbocycles. The molecule has 1 fully saturated rings. The molecule has 0 radical (unpaired) electrons. The lowest BCUT2D eigenvalue weighted by atomic mass is 10.1. The van der Waals surface area contributed by atoms with Crippen LogP contribution in [0.1, 0.15) is 41.0 Å². The molecule has 0 spiro atoms. The second-order valence-electron chi connectivity index (χ2n) is 6.26. The van der Waals surface area contributed by atoms with E-state index in [9.17, 15) is 14.4 Å². The van der Waals surface area contributed by atoms with Gasteiger partial charge in [-0.2, -0.15) is 0 Å². The highest BCUT2D eigenvalue weighted by molar-refractivity contribution is 9.10. The Morgan fingerprint density at radius 3 is 2.46 bits per heavy atom. The van der Waals surface area contributed by atoms with Crippen LogP contribution in [0.15, 0.2) is 22.7 Å². The lowest BCUT2D eigenvalue weighted by Gasteiger charge is -2.35. The highest BCUT2D eigenvalue weighted by Gasteiger charge is 2.36. The van der Waals surface area contributed by atoms with E-state index in [2.05, 4.69) is 15.9 Å². The third-order valence-corrected chi connectivity index (χ3v) is 4.75. The third kappa shape index (κ3) is 3.23. The third-order valence-electron chi connectivity index (χ3n) is 4.25. The summed E-state index contributed by atoms with van der Waals surface area (Å²) in [7, 11) is 0. The average Bonchev–Trinajstić information content (AvgIpc) is 2.75. The van der Waals surface area contributed by atoms with Crippen LogP contribution in [-0.4, -0.2) is 59.4 Å². The van der Waals surface area contributed by atoms with E-state index in [1.807, 2.05) is 13.8 Å². The van der Waals surface area contributed by atoms with Gasteiger partial charge in [-0.15, -0.1) is 0 Å². The maximum absolute atomic E-state index is 12.4. The zero-order chi connectivity index (χ0) is 17.4. The van der Waals surface area contributed by atoms with Crippen LogP contribution in [0.25, 0.3) is 0 Å². The van der Waals surface area contributed by atoms with Crippen LogP contribution in [-0.2, 0) is 9.53 Å². The summed E-state index contributed by atoms with van der Waals surface area (Å²) in [6, 6.07) is 5.00. The summed E-state index contributed by atoms with van der Waals surface area (Å²) in [4.78, 5) is 40.0. The fourth-order valence-corrected chi connectivity index (χ4v) is 3.57. The number of rotatable bonds is 3. The van der Waals surface area contributed by atoms with E-state index in [-0.39, 0.29) is 42.9 Å². The van der Waals surface area contributed by atoms with Crippen LogP contribution in [0.2, 0.25) is 0 Å². The molecule has 2 unspecified atom stereocenters. The summed E-state index contributed by atoms with van der Waals surface area (Å²) in [5.41, 5.74) is 0.778. The highest BCUT2D eigenvalue weighted by atomic mass is 79.9. The van der Waals surface area contributed by atoms with Crippen LogP contribution in [0, 0.1) is 0 Å². The SMILES string of the molecule is CC1CN(C(=O)CCN2C(=O)c3ccc(Br)cc3C2=O)CC(C)O1. The van der Waals surface area contributed by atoms with Gasteiger partial charge in [-0.25, -0.2) is 0 Å². The van der Waals surface area contributed by atoms with E-state index in [1.165, 1.54) is 0 Å². The second-order valence-corrected chi connectivity index (χ2v) is 7.17. The van der Waals surface area contributed by atoms with E-state index >= 15 is 0 Å². The smallest absolute Gasteiger partial charge is 0.261 e. The molecule has 2 heterocycles. The summed E-state index contributed by atoms with van der Waals surface area (Å²) < 4.78 is 6.36. The molecule has 7 heteroatoms. The number of nitrogens with zero attached hydrogens (tertiary/aromatic N) is 2. The van der Waals surface area contributed by atoms with E-state index < -0.39 is 0 Å². The molecular weight excluding hydrogens is 376 g/mol. The van der Waals surface area contributed by atoms with Gasteiger partial charge >= 0.3 is 0 Å². The van der Waals surface area contributed by atoms with Gasteiger partial charge in [0.25, 0.3) is 11.8 Å². The minimum Gasteiger partial charge on any atom is -0.372 e. The largest absolute Gasteiger partial charge is 0.372 e. The van der Waals surface area contributed by atoms with Gasteiger partial charge in [0.05, 0.1) is 23.3 Å². The number of fused-ring (bicyclic) bond motifs is 1. The Bertz CT molecular complexity index is 696. The Kier molecular flexibility index (Phi) is 4.73. The Labute approximate surface area is 148 Å². The van der Waals surface area contributed by atoms with Crippen molar-refractivity contribution < 1.29 is 19.1 Å². The second kappa shape index (κ2) is 6.64. The predicted molar refractivity (Wildman–Crippen MR) is 90.7 cm³/mol. The number of amides is 3. The Morgan fingerprint density at radius 2 is 1.79 bits per heavy atom. The van der Waals surface area contributed by atoms with Crippen LogP contribution in [0.4, 0.5) is 0 Å². The van der Waals surface area contributed by atoms with Gasteiger partial charge in [0.1, 0.15) is 0 Å². The molecule has 0 aliphatic carbocycles. The maximum atomic E-state index is 12.4. The fraction of sp³-hybridized carbons (Fsp3) is 0.471. The molecule has 1 aromatic rings. The number of ether oxygens (including phenoxy) is 1. The first-order chi connectivity index (χ1) is 11.4. The van der Waals surface area contributed by atoms with E-state index in [0.717, 1.165) is 9.37 Å². The van der Waals surface area contributed by atoms with Gasteiger partial charge in [-0.1, -0.05) is 15.9 Å². The summed E-state index contributed by atoms with van der Waals surface area (Å²) in [6.45, 7) is 5.04. The topological polar surface area (TPSA) is 66.9 Å². The summed E-state index contributed by atoms with van der Waals surface area (Å²) in [5, 5.41) is 0. The molecule has 0 bridgehead atoms. The first-order valence-corrected chi connectivity index (χ1v) is 8.75. The molecule has 24 heavy (non-hydrogen) atoms. The number of benzene rings is 1. The van der Waals surface area contributed by atoms with Crippen LogP contribution in [0.5, 0.6) is 0 Å². The molecule has 0 aromatic heterocycles. The van der Waals surface area contributed by atoms with Crippen molar-refractivity contribution in [3.8, 4) is 0 Å². The Hall–Kier alpha value is -1.73. The zero-order valence-electron chi connectivity index (χ0n) is 13.6. The molecule has 0 saturated carbocycles. The van der Waals surface area contributed by atoms with Crippen molar-refractivity contribution in [3.05, 3.63) is 33.8 Å². The Balaban J connectivity index is 1.64. The molecular formula is C17H19BrN2O4. The number of hydrogen-bond acceptors (Lipinski definition) is 4. The van der Waals surface area contributed by atoms with Gasteiger partial charge in [-0.05, 0) is 32.0 Å². The molecule has 3 amide bonds. The van der Waals surface area contributed by atoms with Gasteiger partial charge in [0.15, 0.2) is 0 Å². The summed E-state index contributed by atoms with van der Waals surface area (Å²) in [5.74, 6) is -0.735. The zero-order valence-corrected chi connectivity index (χ0v) is 15.2. The minimum atomic E-state index is -0.340. The maximum Gasteiger partial charge on any atom is 0.261 e. The number of halogens is 1. The minimum absolute atomic E-state index is 0.00523. The molecule has 128 valence electrons. The van der Waals surface area contributed by atoms with Crippen molar-refractivity contribution in [1.29, 1.82) is 0 Å². The molecule has 3 rings (SSSR count). The van der Waals surface area contributed by atoms with Crippen LogP contribution >= 0.6 is 15.9 Å². The molecule has 2 atom stereocenters. The molecule has 2 aliphatic heterocycles. The highest BCUT2D eigenvalue weighted by Crippen LogP contribution is 2.26. The van der Waals surface area contributed by atoms with Crippen molar-refractivity contribution in [2.24, 2.45) is 0 Å². The average molecular weight is 395 g/mol. The number of carbonyl (C=O) groups is 3. The molecule has 0 N–H and O–H groups in total. The van der Waals surface area contributed by atoms with Crippen molar-refractivity contribution in [3.63, 3.8) is 0 Å². The molecule has 2 aliphatic rings. The number of carbonyl (C=O) groups excluding carboxylic acids is 3. The number of morpholine rings is 1. The van der Waals surface area contributed by atoms with E-state index in [4.69, 9.17) is 4.74 Å². The first kappa shape index (κ1) is 17.1. The van der Waals surface area contributed by atoms with Crippen LogP contribution in [0.3, 0.4) is 0 Å². The van der Waals surface area contributed by atoms with Gasteiger partial charge < -0.3 is 9.64 Å². The Morgan fingerprint density at radius 1 is 1.17 bits per heavy atom. The normalized spacial score (nSPS) is 23.6. The van der Waals surface area contributed by atoms with Gasteiger partial charge in [0.2, 0.25) is 5.91 Å². The van der Waals surface area contributed by atoms with E-state index in [1.54, 1.807) is 23.1 Å². The first-order valence-electron chi connectivity index (χ1n) is 7.96. The van der Waals surface area contributed by atoms with Crippen molar-refractivity contribution >= 4 is 33.7 Å². The van der Waals surface area contributed by atoms with E-state index in [0.29, 0.717) is 24.2 Å². The summed E-state index contributed by atoms with van der Waals surface area (Å²) >= 11 is 3.30. The predicted octanol–water partition coefficient (Wildman–Crippen LogP) is 2.07. The number of imide groups is 1. The lowest BCUT2D eigenvalue weighted by molar-refractivity contribution is -0.143. The van der Waals surface area contributed by atoms with Gasteiger partial charge in [0, 0.05) is 30.5 Å². The quantitative estimate of drug-likeness (QED) is 0.735. The van der Waals surface area contributed by atoms with Crippen molar-refractivity contribution in [2.45, 2.75) is 32.5 Å². The van der Waals surface area contributed by atoms with Crippen molar-refractivity contribution in [1.82, 2.24) is 9.80 Å². The van der Waals surface area contributed by atoms with Gasteiger partial charge in [-0.3, -0.25) is 19.3 Å². The van der Waals surface area contributed by atoms with Crippen LogP contribution < -0.4 is 0 Å². The fourth-order valence-electron chi connectivity index (χ4n) is 3.21. The number of hydrogen-bond donors (Lipinski definition) is 0.